The van der Waals surface area contributed by atoms with Crippen LogP contribution in [0.1, 0.15) is 37.7 Å². The Labute approximate surface area is 150 Å². The Balaban J connectivity index is 1.87. The van der Waals surface area contributed by atoms with Crippen LogP contribution in [0.5, 0.6) is 0 Å². The Morgan fingerprint density at radius 1 is 0.720 bits per heavy atom. The van der Waals surface area contributed by atoms with Crippen LogP contribution in [0.15, 0.2) is 73.1 Å². The van der Waals surface area contributed by atoms with Gasteiger partial charge in [-0.05, 0) is 47.4 Å². The van der Waals surface area contributed by atoms with Crippen molar-refractivity contribution in [2.75, 3.05) is 4.90 Å². The second-order valence-corrected chi connectivity index (χ2v) is 7.30. The zero-order valence-electron chi connectivity index (χ0n) is 15.2. The van der Waals surface area contributed by atoms with Gasteiger partial charge in [0, 0.05) is 18.1 Å². The Bertz CT molecular complexity index is 734. The quantitative estimate of drug-likeness (QED) is 0.660. The van der Waals surface area contributed by atoms with Crippen molar-refractivity contribution in [1.82, 2.24) is 9.97 Å². The van der Waals surface area contributed by atoms with Crippen LogP contribution in [0.4, 0.5) is 5.69 Å². The van der Waals surface area contributed by atoms with Gasteiger partial charge in [-0.15, -0.1) is 0 Å². The SMILES string of the molecule is CC(C)(C)c1ccc(N(Cc2ccccn2)Cc2ccccn2)cc1. The second-order valence-electron chi connectivity index (χ2n) is 7.30. The fraction of sp³-hybridized carbons (Fsp3) is 0.273. The lowest BCUT2D eigenvalue weighted by atomic mass is 9.87. The highest BCUT2D eigenvalue weighted by molar-refractivity contribution is 5.49. The molecule has 3 nitrogen and oxygen atoms in total. The largest absolute Gasteiger partial charge is 0.360 e. The molecule has 0 radical (unpaired) electrons. The van der Waals surface area contributed by atoms with Crippen molar-refractivity contribution in [3.8, 4) is 0 Å². The molecule has 128 valence electrons. The normalized spacial score (nSPS) is 11.3. The molecule has 3 heteroatoms. The van der Waals surface area contributed by atoms with Gasteiger partial charge < -0.3 is 4.90 Å². The molecule has 0 aliphatic carbocycles. The summed E-state index contributed by atoms with van der Waals surface area (Å²) in [4.78, 5) is 11.3. The summed E-state index contributed by atoms with van der Waals surface area (Å²) in [6, 6.07) is 20.9. The fourth-order valence-corrected chi connectivity index (χ4v) is 2.79. The molecule has 2 aromatic heterocycles. The number of aromatic nitrogens is 2. The number of nitrogens with zero attached hydrogens (tertiary/aromatic N) is 3. The van der Waals surface area contributed by atoms with Gasteiger partial charge in [0.2, 0.25) is 0 Å². The summed E-state index contributed by atoms with van der Waals surface area (Å²) in [5.41, 5.74) is 4.79. The van der Waals surface area contributed by atoms with E-state index in [1.165, 1.54) is 11.3 Å². The molecule has 1 aromatic carbocycles. The van der Waals surface area contributed by atoms with Gasteiger partial charge in [-0.1, -0.05) is 45.0 Å². The summed E-state index contributed by atoms with van der Waals surface area (Å²) < 4.78 is 0. The number of benzene rings is 1. The summed E-state index contributed by atoms with van der Waals surface area (Å²) in [5.74, 6) is 0. The van der Waals surface area contributed by atoms with E-state index in [0.717, 1.165) is 24.5 Å². The van der Waals surface area contributed by atoms with Gasteiger partial charge >= 0.3 is 0 Å². The lowest BCUT2D eigenvalue weighted by Crippen LogP contribution is -2.23. The summed E-state index contributed by atoms with van der Waals surface area (Å²) in [5, 5.41) is 0. The van der Waals surface area contributed by atoms with Crippen molar-refractivity contribution in [2.45, 2.75) is 39.3 Å². The van der Waals surface area contributed by atoms with Crippen LogP contribution in [-0.2, 0) is 18.5 Å². The van der Waals surface area contributed by atoms with Crippen molar-refractivity contribution in [3.05, 3.63) is 90.0 Å². The molecule has 0 saturated heterocycles. The summed E-state index contributed by atoms with van der Waals surface area (Å²) >= 11 is 0. The van der Waals surface area contributed by atoms with Crippen molar-refractivity contribution >= 4 is 5.69 Å². The molecule has 3 rings (SSSR count). The molecule has 2 heterocycles. The molecular formula is C22H25N3. The van der Waals surface area contributed by atoms with E-state index in [-0.39, 0.29) is 5.41 Å². The summed E-state index contributed by atoms with van der Waals surface area (Å²) in [7, 11) is 0. The van der Waals surface area contributed by atoms with Crippen molar-refractivity contribution < 1.29 is 0 Å². The van der Waals surface area contributed by atoms with E-state index >= 15 is 0 Å². The smallest absolute Gasteiger partial charge is 0.0606 e. The molecule has 0 fully saturated rings. The highest BCUT2D eigenvalue weighted by atomic mass is 15.1. The van der Waals surface area contributed by atoms with Gasteiger partial charge in [0.25, 0.3) is 0 Å². The Hall–Kier alpha value is -2.68. The van der Waals surface area contributed by atoms with Crippen LogP contribution in [0.25, 0.3) is 0 Å². The van der Waals surface area contributed by atoms with Crippen LogP contribution in [0.3, 0.4) is 0 Å². The number of hydrogen-bond acceptors (Lipinski definition) is 3. The van der Waals surface area contributed by atoms with E-state index in [4.69, 9.17) is 0 Å². The van der Waals surface area contributed by atoms with E-state index in [2.05, 4.69) is 72.0 Å². The molecule has 0 amide bonds. The number of anilines is 1. The van der Waals surface area contributed by atoms with Gasteiger partial charge in [0.1, 0.15) is 0 Å². The van der Waals surface area contributed by atoms with Gasteiger partial charge in [0.05, 0.1) is 24.5 Å². The zero-order chi connectivity index (χ0) is 17.7. The monoisotopic (exact) mass is 331 g/mol. The van der Waals surface area contributed by atoms with Gasteiger partial charge in [-0.25, -0.2) is 0 Å². The van der Waals surface area contributed by atoms with E-state index in [9.17, 15) is 0 Å². The van der Waals surface area contributed by atoms with Crippen LogP contribution in [-0.4, -0.2) is 9.97 Å². The van der Waals surface area contributed by atoms with Crippen LogP contribution in [0.2, 0.25) is 0 Å². The standard InChI is InChI=1S/C22H25N3/c1-22(2,3)18-10-12-21(13-11-18)25(16-19-8-4-6-14-23-19)17-20-9-5-7-15-24-20/h4-15H,16-17H2,1-3H3. The molecule has 25 heavy (non-hydrogen) atoms. The first-order valence-corrected chi connectivity index (χ1v) is 8.68. The van der Waals surface area contributed by atoms with Crippen molar-refractivity contribution in [3.63, 3.8) is 0 Å². The predicted molar refractivity (Wildman–Crippen MR) is 104 cm³/mol. The first-order chi connectivity index (χ1) is 12.0. The maximum Gasteiger partial charge on any atom is 0.0606 e. The first kappa shape index (κ1) is 17.2. The zero-order valence-corrected chi connectivity index (χ0v) is 15.2. The topological polar surface area (TPSA) is 29.0 Å². The average Bonchev–Trinajstić information content (AvgIpc) is 2.62. The minimum atomic E-state index is 0.158. The summed E-state index contributed by atoms with van der Waals surface area (Å²) in [6.45, 7) is 8.23. The van der Waals surface area contributed by atoms with Crippen LogP contribution in [0, 0.1) is 0 Å². The minimum Gasteiger partial charge on any atom is -0.360 e. The van der Waals surface area contributed by atoms with Gasteiger partial charge in [0.15, 0.2) is 0 Å². The highest BCUT2D eigenvalue weighted by Gasteiger charge is 2.15. The van der Waals surface area contributed by atoms with E-state index in [1.807, 2.05) is 36.7 Å². The third-order valence-electron chi connectivity index (χ3n) is 4.26. The molecule has 3 aromatic rings. The van der Waals surface area contributed by atoms with E-state index < -0.39 is 0 Å². The third kappa shape index (κ3) is 4.66. The minimum absolute atomic E-state index is 0.158. The van der Waals surface area contributed by atoms with Crippen molar-refractivity contribution in [2.24, 2.45) is 0 Å². The molecule has 0 bridgehead atoms. The molecule has 0 spiro atoms. The Kier molecular flexibility index (Phi) is 5.13. The number of rotatable bonds is 5. The van der Waals surface area contributed by atoms with E-state index in [0.29, 0.717) is 0 Å². The number of pyridine rings is 2. The molecular weight excluding hydrogens is 306 g/mol. The molecule has 0 aliphatic heterocycles. The third-order valence-corrected chi connectivity index (χ3v) is 4.26. The van der Waals surface area contributed by atoms with Gasteiger partial charge in [-0.2, -0.15) is 0 Å². The predicted octanol–water partition coefficient (Wildman–Crippen LogP) is 4.98. The molecule has 0 saturated carbocycles. The van der Waals surface area contributed by atoms with Crippen LogP contribution < -0.4 is 4.90 Å². The lowest BCUT2D eigenvalue weighted by molar-refractivity contribution is 0.590. The highest BCUT2D eigenvalue weighted by Crippen LogP contribution is 2.26. The maximum atomic E-state index is 4.48. The second kappa shape index (κ2) is 7.47. The maximum absolute atomic E-state index is 4.48. The van der Waals surface area contributed by atoms with Crippen LogP contribution >= 0.6 is 0 Å². The van der Waals surface area contributed by atoms with E-state index in [1.54, 1.807) is 0 Å². The molecule has 0 unspecified atom stereocenters. The average molecular weight is 331 g/mol. The Morgan fingerprint density at radius 3 is 1.64 bits per heavy atom. The fourth-order valence-electron chi connectivity index (χ4n) is 2.79. The molecule has 0 atom stereocenters. The number of hydrogen-bond donors (Lipinski definition) is 0. The van der Waals surface area contributed by atoms with Gasteiger partial charge in [-0.3, -0.25) is 9.97 Å². The molecule has 0 aliphatic rings. The molecule has 0 N–H and O–H groups in total. The summed E-state index contributed by atoms with van der Waals surface area (Å²) in [6.07, 6.45) is 3.69. The van der Waals surface area contributed by atoms with Crippen molar-refractivity contribution in [1.29, 1.82) is 0 Å². The lowest BCUT2D eigenvalue weighted by Gasteiger charge is -2.26. The first-order valence-electron chi connectivity index (χ1n) is 8.68. The Morgan fingerprint density at radius 2 is 1.24 bits per heavy atom.